The van der Waals surface area contributed by atoms with E-state index in [-0.39, 0.29) is 11.8 Å². The van der Waals surface area contributed by atoms with Crippen LogP contribution in [0.25, 0.3) is 5.57 Å². The second kappa shape index (κ2) is 5.83. The van der Waals surface area contributed by atoms with Crippen LogP contribution in [0.1, 0.15) is 24.8 Å². The summed E-state index contributed by atoms with van der Waals surface area (Å²) < 4.78 is 5.38. The molecule has 0 N–H and O–H groups in total. The summed E-state index contributed by atoms with van der Waals surface area (Å²) in [7, 11) is 3.11. The zero-order chi connectivity index (χ0) is 15.7. The maximum atomic E-state index is 12.6. The predicted molar refractivity (Wildman–Crippen MR) is 83.1 cm³/mol. The summed E-state index contributed by atoms with van der Waals surface area (Å²) in [5.41, 5.74) is 1.68. The number of benzene rings is 1. The summed E-state index contributed by atoms with van der Waals surface area (Å²) in [5, 5.41) is 0. The number of para-hydroxylation sites is 1. The van der Waals surface area contributed by atoms with Gasteiger partial charge in [-0.15, -0.1) is 0 Å². The molecule has 0 aromatic heterocycles. The molecule has 2 aliphatic heterocycles. The van der Waals surface area contributed by atoms with Gasteiger partial charge in [0.15, 0.2) is 0 Å². The van der Waals surface area contributed by atoms with E-state index in [1.54, 1.807) is 7.11 Å². The van der Waals surface area contributed by atoms with E-state index >= 15 is 0 Å². The average molecular weight is 300 g/mol. The van der Waals surface area contributed by atoms with E-state index in [2.05, 4.69) is 4.90 Å². The Morgan fingerprint density at radius 3 is 2.36 bits per heavy atom. The van der Waals surface area contributed by atoms with Gasteiger partial charge in [0.05, 0.1) is 12.7 Å². The molecule has 0 spiro atoms. The summed E-state index contributed by atoms with van der Waals surface area (Å²) in [6, 6.07) is 7.36. The van der Waals surface area contributed by atoms with E-state index in [0.717, 1.165) is 25.9 Å². The maximum absolute atomic E-state index is 12.6. The molecular formula is C17H20N2O3. The lowest BCUT2D eigenvalue weighted by molar-refractivity contribution is -0.136. The number of carbonyl (C=O) groups is 2. The Kier molecular flexibility index (Phi) is 3.88. The number of imide groups is 1. The summed E-state index contributed by atoms with van der Waals surface area (Å²) in [6.45, 7) is 1.64. The monoisotopic (exact) mass is 300 g/mol. The molecule has 116 valence electrons. The lowest BCUT2D eigenvalue weighted by atomic mass is 10.0. The quantitative estimate of drug-likeness (QED) is 0.800. The molecular weight excluding hydrogens is 280 g/mol. The normalized spacial score (nSPS) is 19.2. The topological polar surface area (TPSA) is 49.9 Å². The van der Waals surface area contributed by atoms with Gasteiger partial charge in [-0.25, -0.2) is 0 Å². The summed E-state index contributed by atoms with van der Waals surface area (Å²) in [6.07, 6.45) is 3.27. The van der Waals surface area contributed by atoms with E-state index in [1.165, 1.54) is 18.4 Å². The molecule has 22 heavy (non-hydrogen) atoms. The van der Waals surface area contributed by atoms with E-state index in [4.69, 9.17) is 4.74 Å². The van der Waals surface area contributed by atoms with Gasteiger partial charge < -0.3 is 9.64 Å². The second-order valence-corrected chi connectivity index (χ2v) is 5.64. The number of methoxy groups -OCH3 is 1. The Bertz CT molecular complexity index is 645. The number of nitrogens with zero attached hydrogens (tertiary/aromatic N) is 2. The van der Waals surface area contributed by atoms with Gasteiger partial charge in [-0.2, -0.15) is 0 Å². The fraction of sp³-hybridized carbons (Fsp3) is 0.412. The Balaban J connectivity index is 2.15. The number of piperidine rings is 1. The van der Waals surface area contributed by atoms with Crippen LogP contribution in [0.5, 0.6) is 5.75 Å². The van der Waals surface area contributed by atoms with Crippen molar-refractivity contribution >= 4 is 17.4 Å². The van der Waals surface area contributed by atoms with Gasteiger partial charge in [-0.1, -0.05) is 18.2 Å². The molecule has 2 aliphatic rings. The van der Waals surface area contributed by atoms with Gasteiger partial charge in [-0.3, -0.25) is 14.5 Å². The van der Waals surface area contributed by atoms with Crippen LogP contribution in [0.3, 0.4) is 0 Å². The minimum absolute atomic E-state index is 0.215. The number of likely N-dealkylation sites (N-methyl/N-ethyl adjacent to an activating group) is 1. The molecule has 3 rings (SSSR count). The SMILES string of the molecule is COc1ccccc1C1=C(N2CCCCC2)C(=O)N(C)C1=O. The Hall–Kier alpha value is -2.30. The van der Waals surface area contributed by atoms with Crippen LogP contribution in [0.2, 0.25) is 0 Å². The fourth-order valence-electron chi connectivity index (χ4n) is 3.13. The number of hydrogen-bond acceptors (Lipinski definition) is 4. The molecule has 1 fully saturated rings. The van der Waals surface area contributed by atoms with Gasteiger partial charge in [0, 0.05) is 25.7 Å². The number of rotatable bonds is 3. The standard InChI is InChI=1S/C17H20N2O3/c1-18-16(20)14(12-8-4-5-9-13(12)22-2)15(17(18)21)19-10-6-3-7-11-19/h4-5,8-9H,3,6-7,10-11H2,1-2H3. The van der Waals surface area contributed by atoms with Crippen molar-refractivity contribution in [3.8, 4) is 5.75 Å². The summed E-state index contributed by atoms with van der Waals surface area (Å²) in [5.74, 6) is 0.145. The molecule has 5 nitrogen and oxygen atoms in total. The van der Waals surface area contributed by atoms with Crippen molar-refractivity contribution in [2.75, 3.05) is 27.2 Å². The van der Waals surface area contributed by atoms with E-state index < -0.39 is 0 Å². The lowest BCUT2D eigenvalue weighted by Crippen LogP contribution is -2.35. The number of likely N-dealkylation sites (tertiary alicyclic amines) is 1. The molecule has 0 unspecified atom stereocenters. The van der Waals surface area contributed by atoms with Crippen molar-refractivity contribution in [2.24, 2.45) is 0 Å². The second-order valence-electron chi connectivity index (χ2n) is 5.64. The van der Waals surface area contributed by atoms with Gasteiger partial charge in [0.1, 0.15) is 11.4 Å². The Morgan fingerprint density at radius 2 is 1.68 bits per heavy atom. The molecule has 0 bridgehead atoms. The van der Waals surface area contributed by atoms with Crippen LogP contribution in [-0.2, 0) is 9.59 Å². The van der Waals surface area contributed by atoms with Crippen molar-refractivity contribution in [1.29, 1.82) is 0 Å². The van der Waals surface area contributed by atoms with Crippen molar-refractivity contribution in [3.63, 3.8) is 0 Å². The predicted octanol–water partition coefficient (Wildman–Crippen LogP) is 1.89. The summed E-state index contributed by atoms with van der Waals surface area (Å²) in [4.78, 5) is 28.4. The highest BCUT2D eigenvalue weighted by atomic mass is 16.5. The number of carbonyl (C=O) groups excluding carboxylic acids is 2. The Labute approximate surface area is 130 Å². The van der Waals surface area contributed by atoms with Crippen molar-refractivity contribution in [1.82, 2.24) is 9.80 Å². The molecule has 2 amide bonds. The number of ether oxygens (including phenoxy) is 1. The van der Waals surface area contributed by atoms with Crippen LogP contribution in [0.15, 0.2) is 30.0 Å². The largest absolute Gasteiger partial charge is 0.496 e. The first kappa shape index (κ1) is 14.6. The molecule has 0 saturated carbocycles. The molecule has 0 atom stereocenters. The lowest BCUT2D eigenvalue weighted by Gasteiger charge is -2.29. The van der Waals surface area contributed by atoms with Crippen molar-refractivity contribution < 1.29 is 14.3 Å². The molecule has 0 aliphatic carbocycles. The van der Waals surface area contributed by atoms with Gasteiger partial charge in [0.25, 0.3) is 11.8 Å². The third-order valence-corrected chi connectivity index (χ3v) is 4.31. The highest BCUT2D eigenvalue weighted by Gasteiger charge is 2.40. The number of amides is 2. The molecule has 5 heteroatoms. The van der Waals surface area contributed by atoms with Crippen LogP contribution in [0.4, 0.5) is 0 Å². The van der Waals surface area contributed by atoms with Crippen LogP contribution < -0.4 is 4.74 Å². The van der Waals surface area contributed by atoms with Crippen molar-refractivity contribution in [2.45, 2.75) is 19.3 Å². The first-order valence-electron chi connectivity index (χ1n) is 7.60. The highest BCUT2D eigenvalue weighted by Crippen LogP contribution is 2.36. The van der Waals surface area contributed by atoms with Crippen LogP contribution in [-0.4, -0.2) is 48.9 Å². The first-order valence-corrected chi connectivity index (χ1v) is 7.60. The van der Waals surface area contributed by atoms with Gasteiger partial charge in [0.2, 0.25) is 0 Å². The molecule has 1 aromatic carbocycles. The van der Waals surface area contributed by atoms with E-state index in [9.17, 15) is 9.59 Å². The minimum atomic E-state index is -0.255. The Morgan fingerprint density at radius 1 is 1.00 bits per heavy atom. The first-order chi connectivity index (χ1) is 10.6. The maximum Gasteiger partial charge on any atom is 0.277 e. The van der Waals surface area contributed by atoms with Gasteiger partial charge >= 0.3 is 0 Å². The fourth-order valence-corrected chi connectivity index (χ4v) is 3.13. The van der Waals surface area contributed by atoms with Gasteiger partial charge in [-0.05, 0) is 25.3 Å². The van der Waals surface area contributed by atoms with Crippen LogP contribution in [0, 0.1) is 0 Å². The summed E-state index contributed by atoms with van der Waals surface area (Å²) >= 11 is 0. The molecule has 1 saturated heterocycles. The molecule has 2 heterocycles. The molecule has 0 radical (unpaired) electrons. The molecule has 1 aromatic rings. The zero-order valence-corrected chi connectivity index (χ0v) is 13.0. The minimum Gasteiger partial charge on any atom is -0.496 e. The van der Waals surface area contributed by atoms with E-state index in [1.807, 2.05) is 24.3 Å². The average Bonchev–Trinajstić information content (AvgIpc) is 2.79. The van der Waals surface area contributed by atoms with Crippen molar-refractivity contribution in [3.05, 3.63) is 35.5 Å². The smallest absolute Gasteiger partial charge is 0.277 e. The van der Waals surface area contributed by atoms with Crippen LogP contribution >= 0.6 is 0 Å². The third kappa shape index (κ3) is 2.26. The third-order valence-electron chi connectivity index (χ3n) is 4.31. The van der Waals surface area contributed by atoms with E-state index in [0.29, 0.717) is 22.6 Å². The zero-order valence-electron chi connectivity index (χ0n) is 13.0. The highest BCUT2D eigenvalue weighted by molar-refractivity contribution is 6.35. The number of hydrogen-bond donors (Lipinski definition) is 0.